The molecule has 1 fully saturated rings. The molecule has 164 valence electrons. The summed E-state index contributed by atoms with van der Waals surface area (Å²) in [6.07, 6.45) is 1.54. The molecular formula is C24H28N2O5. The van der Waals surface area contributed by atoms with E-state index in [1.807, 2.05) is 18.2 Å². The second-order valence-electron chi connectivity index (χ2n) is 8.24. The summed E-state index contributed by atoms with van der Waals surface area (Å²) in [6.45, 7) is 4.04. The van der Waals surface area contributed by atoms with E-state index < -0.39 is 0 Å². The Morgan fingerprint density at radius 3 is 2.55 bits per heavy atom. The third-order valence-electron chi connectivity index (χ3n) is 6.56. The summed E-state index contributed by atoms with van der Waals surface area (Å²) in [5.74, 6) is 1.99. The maximum atomic E-state index is 12.6. The molecule has 5 rings (SSSR count). The summed E-state index contributed by atoms with van der Waals surface area (Å²) in [7, 11) is 3.32. The molecule has 1 saturated heterocycles. The van der Waals surface area contributed by atoms with Gasteiger partial charge in [-0.15, -0.1) is 0 Å². The van der Waals surface area contributed by atoms with Crippen LogP contribution in [-0.4, -0.2) is 63.0 Å². The van der Waals surface area contributed by atoms with Crippen molar-refractivity contribution in [1.29, 1.82) is 0 Å². The minimum absolute atomic E-state index is 0.318. The lowest BCUT2D eigenvalue weighted by Gasteiger charge is -2.41. The van der Waals surface area contributed by atoms with Crippen LogP contribution in [0.15, 0.2) is 30.3 Å². The van der Waals surface area contributed by atoms with Crippen molar-refractivity contribution in [1.82, 2.24) is 9.80 Å². The molecule has 0 spiro atoms. The quantitative estimate of drug-likeness (QED) is 0.754. The second kappa shape index (κ2) is 8.40. The third-order valence-corrected chi connectivity index (χ3v) is 6.56. The molecule has 0 bridgehead atoms. The van der Waals surface area contributed by atoms with Gasteiger partial charge in [-0.25, -0.2) is 4.79 Å². The Labute approximate surface area is 182 Å². The number of morpholine rings is 1. The minimum Gasteiger partial charge on any atom is -0.497 e. The molecule has 1 atom stereocenters. The Morgan fingerprint density at radius 2 is 1.77 bits per heavy atom. The second-order valence-corrected chi connectivity index (χ2v) is 8.24. The first-order valence-corrected chi connectivity index (χ1v) is 10.8. The Kier molecular flexibility index (Phi) is 5.46. The molecule has 2 aromatic rings. The maximum Gasteiger partial charge on any atom is 0.415 e. The highest BCUT2D eigenvalue weighted by atomic mass is 16.6. The SMILES string of the molecule is COc1ccc2c(c1)CCN1Cc3cc(OC)c(OC(=O)N4CCOCC4)cc3CC21. The van der Waals surface area contributed by atoms with Crippen molar-refractivity contribution in [3.63, 3.8) is 0 Å². The van der Waals surface area contributed by atoms with Gasteiger partial charge in [-0.2, -0.15) is 0 Å². The first-order chi connectivity index (χ1) is 15.2. The van der Waals surface area contributed by atoms with Crippen LogP contribution in [0, 0.1) is 0 Å². The summed E-state index contributed by atoms with van der Waals surface area (Å²) in [6, 6.07) is 10.7. The molecule has 0 aliphatic carbocycles. The monoisotopic (exact) mass is 424 g/mol. The Bertz CT molecular complexity index is 986. The fourth-order valence-corrected chi connectivity index (χ4v) is 4.85. The van der Waals surface area contributed by atoms with Crippen LogP contribution in [0.1, 0.15) is 28.3 Å². The Balaban J connectivity index is 1.42. The highest BCUT2D eigenvalue weighted by Crippen LogP contribution is 2.42. The van der Waals surface area contributed by atoms with Gasteiger partial charge in [0.25, 0.3) is 0 Å². The zero-order valence-electron chi connectivity index (χ0n) is 18.1. The van der Waals surface area contributed by atoms with E-state index in [1.54, 1.807) is 19.1 Å². The largest absolute Gasteiger partial charge is 0.497 e. The first kappa shape index (κ1) is 20.2. The van der Waals surface area contributed by atoms with Crippen LogP contribution in [0.25, 0.3) is 0 Å². The zero-order valence-corrected chi connectivity index (χ0v) is 18.1. The third kappa shape index (κ3) is 3.83. The van der Waals surface area contributed by atoms with Gasteiger partial charge in [0.1, 0.15) is 5.75 Å². The summed E-state index contributed by atoms with van der Waals surface area (Å²) in [5.41, 5.74) is 5.16. The molecule has 0 N–H and O–H groups in total. The van der Waals surface area contributed by atoms with E-state index in [4.69, 9.17) is 18.9 Å². The number of hydrogen-bond donors (Lipinski definition) is 0. The van der Waals surface area contributed by atoms with Gasteiger partial charge in [0.05, 0.1) is 27.4 Å². The minimum atomic E-state index is -0.353. The lowest BCUT2D eigenvalue weighted by atomic mass is 9.84. The molecular weight excluding hydrogens is 396 g/mol. The molecule has 3 heterocycles. The average Bonchev–Trinajstić information content (AvgIpc) is 2.82. The van der Waals surface area contributed by atoms with Crippen molar-refractivity contribution < 1.29 is 23.7 Å². The van der Waals surface area contributed by atoms with Crippen LogP contribution in [0.5, 0.6) is 17.2 Å². The summed E-state index contributed by atoms with van der Waals surface area (Å²) in [5, 5.41) is 0. The molecule has 3 aliphatic heterocycles. The fraction of sp³-hybridized carbons (Fsp3) is 0.458. The molecule has 1 unspecified atom stereocenters. The predicted octanol–water partition coefficient (Wildman–Crippen LogP) is 3.19. The van der Waals surface area contributed by atoms with Crippen LogP contribution in [0.3, 0.4) is 0 Å². The van der Waals surface area contributed by atoms with Crippen LogP contribution < -0.4 is 14.2 Å². The number of carbonyl (C=O) groups excluding carboxylic acids is 1. The van der Waals surface area contributed by atoms with E-state index in [0.29, 0.717) is 43.8 Å². The number of hydrogen-bond acceptors (Lipinski definition) is 6. The Morgan fingerprint density at radius 1 is 0.968 bits per heavy atom. The Hall–Kier alpha value is -2.77. The smallest absolute Gasteiger partial charge is 0.415 e. The fourth-order valence-electron chi connectivity index (χ4n) is 4.85. The molecule has 1 amide bonds. The molecule has 0 saturated carbocycles. The number of rotatable bonds is 3. The zero-order chi connectivity index (χ0) is 21.4. The van der Waals surface area contributed by atoms with E-state index in [1.165, 1.54) is 22.3 Å². The van der Waals surface area contributed by atoms with Crippen molar-refractivity contribution in [2.45, 2.75) is 25.4 Å². The number of carbonyl (C=O) groups is 1. The highest BCUT2D eigenvalue weighted by Gasteiger charge is 2.33. The van der Waals surface area contributed by atoms with E-state index in [2.05, 4.69) is 17.0 Å². The molecule has 3 aliphatic rings. The number of nitrogens with zero attached hydrogens (tertiary/aromatic N) is 2. The van der Waals surface area contributed by atoms with Gasteiger partial charge in [0, 0.05) is 32.2 Å². The van der Waals surface area contributed by atoms with Gasteiger partial charge in [-0.3, -0.25) is 4.90 Å². The van der Waals surface area contributed by atoms with Gasteiger partial charge < -0.3 is 23.8 Å². The van der Waals surface area contributed by atoms with E-state index in [9.17, 15) is 4.79 Å². The van der Waals surface area contributed by atoms with Gasteiger partial charge >= 0.3 is 6.09 Å². The van der Waals surface area contributed by atoms with Crippen molar-refractivity contribution >= 4 is 6.09 Å². The molecule has 31 heavy (non-hydrogen) atoms. The van der Waals surface area contributed by atoms with Gasteiger partial charge in [-0.1, -0.05) is 6.07 Å². The molecule has 0 aromatic heterocycles. The molecule has 0 radical (unpaired) electrons. The highest BCUT2D eigenvalue weighted by molar-refractivity contribution is 5.72. The van der Waals surface area contributed by atoms with Crippen LogP contribution in [0.2, 0.25) is 0 Å². The lowest BCUT2D eigenvalue weighted by molar-refractivity contribution is 0.0413. The van der Waals surface area contributed by atoms with Gasteiger partial charge in [-0.05, 0) is 59.4 Å². The van der Waals surface area contributed by atoms with Crippen molar-refractivity contribution in [2.75, 3.05) is 47.1 Å². The molecule has 2 aromatic carbocycles. The maximum absolute atomic E-state index is 12.6. The molecule has 7 heteroatoms. The number of ether oxygens (including phenoxy) is 4. The standard InChI is InChI=1S/C24H28N2O5/c1-28-19-3-4-20-16(11-19)5-6-26-15-18-14-22(29-2)23(13-17(18)12-21(20)26)31-24(27)25-7-9-30-10-8-25/h3-4,11,13-14,21H,5-10,12,15H2,1-2H3. The van der Waals surface area contributed by atoms with E-state index in [0.717, 1.165) is 31.7 Å². The predicted molar refractivity (Wildman–Crippen MR) is 115 cm³/mol. The van der Waals surface area contributed by atoms with Crippen LogP contribution in [0.4, 0.5) is 4.79 Å². The van der Waals surface area contributed by atoms with Crippen molar-refractivity contribution in [3.05, 3.63) is 52.6 Å². The topological polar surface area (TPSA) is 60.5 Å². The summed E-state index contributed by atoms with van der Waals surface area (Å²) in [4.78, 5) is 16.8. The first-order valence-electron chi connectivity index (χ1n) is 10.8. The normalized spacial score (nSPS) is 20.3. The average molecular weight is 424 g/mol. The lowest BCUT2D eigenvalue weighted by Crippen LogP contribution is -2.42. The van der Waals surface area contributed by atoms with Crippen LogP contribution >= 0.6 is 0 Å². The van der Waals surface area contributed by atoms with Crippen molar-refractivity contribution in [3.8, 4) is 17.2 Å². The van der Waals surface area contributed by atoms with Crippen molar-refractivity contribution in [2.24, 2.45) is 0 Å². The van der Waals surface area contributed by atoms with Gasteiger partial charge in [0.2, 0.25) is 0 Å². The number of benzene rings is 2. The van der Waals surface area contributed by atoms with E-state index >= 15 is 0 Å². The summed E-state index contributed by atoms with van der Waals surface area (Å²) >= 11 is 0. The number of amides is 1. The summed E-state index contributed by atoms with van der Waals surface area (Å²) < 4.78 is 22.1. The molecule has 7 nitrogen and oxygen atoms in total. The van der Waals surface area contributed by atoms with Crippen LogP contribution in [-0.2, 0) is 24.1 Å². The number of methoxy groups -OCH3 is 2. The van der Waals surface area contributed by atoms with E-state index in [-0.39, 0.29) is 6.09 Å². The van der Waals surface area contributed by atoms with Gasteiger partial charge in [0.15, 0.2) is 11.5 Å². The number of fused-ring (bicyclic) bond motifs is 4.